The molecule has 0 bridgehead atoms. The number of aromatic nitrogens is 1. The van der Waals surface area contributed by atoms with Crippen LogP contribution in [0.25, 0.3) is 0 Å². The summed E-state index contributed by atoms with van der Waals surface area (Å²) in [5.41, 5.74) is 7.12. The Morgan fingerprint density at radius 1 is 1.47 bits per heavy atom. The molecule has 1 aliphatic heterocycles. The van der Waals surface area contributed by atoms with Gasteiger partial charge in [-0.2, -0.15) is 0 Å². The van der Waals surface area contributed by atoms with Crippen LogP contribution in [0.15, 0.2) is 24.4 Å². The van der Waals surface area contributed by atoms with Crippen LogP contribution in [0, 0.1) is 0 Å². The number of hydrogen-bond donors (Lipinski definition) is 1. The lowest BCUT2D eigenvalue weighted by atomic mass is 10.00. The fourth-order valence-electron chi connectivity index (χ4n) is 2.13. The zero-order chi connectivity index (χ0) is 10.7. The molecule has 1 aromatic heterocycles. The number of nitrogens with two attached hydrogens (primary N) is 1. The lowest BCUT2D eigenvalue weighted by Crippen LogP contribution is -2.46. The van der Waals surface area contributed by atoms with Gasteiger partial charge in [-0.05, 0) is 31.9 Å². The summed E-state index contributed by atoms with van der Waals surface area (Å²) in [6.07, 6.45) is 4.21. The van der Waals surface area contributed by atoms with E-state index < -0.39 is 0 Å². The van der Waals surface area contributed by atoms with Gasteiger partial charge in [-0.1, -0.05) is 6.07 Å². The molecule has 0 radical (unpaired) electrons. The number of piperidine rings is 1. The minimum Gasteiger partial charge on any atom is -0.327 e. The van der Waals surface area contributed by atoms with Crippen LogP contribution in [0.3, 0.4) is 0 Å². The number of pyridine rings is 1. The van der Waals surface area contributed by atoms with Gasteiger partial charge >= 0.3 is 0 Å². The highest BCUT2D eigenvalue weighted by Crippen LogP contribution is 2.17. The summed E-state index contributed by atoms with van der Waals surface area (Å²) >= 11 is 0. The quantitative estimate of drug-likeness (QED) is 0.793. The van der Waals surface area contributed by atoms with Crippen LogP contribution in [-0.4, -0.2) is 28.5 Å². The molecule has 82 valence electrons. The monoisotopic (exact) mass is 205 g/mol. The molecular formula is C12H19N3. The second-order valence-corrected chi connectivity index (χ2v) is 4.44. The summed E-state index contributed by atoms with van der Waals surface area (Å²) in [5.74, 6) is 0. The minimum absolute atomic E-state index is 0.338. The van der Waals surface area contributed by atoms with E-state index in [1.165, 1.54) is 6.42 Å². The van der Waals surface area contributed by atoms with Gasteiger partial charge in [0.2, 0.25) is 0 Å². The zero-order valence-electron chi connectivity index (χ0n) is 9.26. The van der Waals surface area contributed by atoms with Gasteiger partial charge in [-0.15, -0.1) is 0 Å². The molecular weight excluding hydrogens is 186 g/mol. The average molecular weight is 205 g/mol. The summed E-state index contributed by atoms with van der Waals surface area (Å²) in [6.45, 7) is 4.20. The summed E-state index contributed by atoms with van der Waals surface area (Å²) in [7, 11) is 0. The van der Waals surface area contributed by atoms with Crippen LogP contribution in [0.2, 0.25) is 0 Å². The van der Waals surface area contributed by atoms with Crippen LogP contribution in [-0.2, 0) is 6.54 Å². The third kappa shape index (κ3) is 2.76. The Hall–Kier alpha value is -0.930. The number of rotatable bonds is 2. The predicted octanol–water partition coefficient (Wildman–Crippen LogP) is 1.39. The van der Waals surface area contributed by atoms with Gasteiger partial charge in [-0.25, -0.2) is 0 Å². The molecule has 0 amide bonds. The first-order valence-corrected chi connectivity index (χ1v) is 5.65. The highest BCUT2D eigenvalue weighted by atomic mass is 15.2. The Labute approximate surface area is 91.3 Å². The summed E-state index contributed by atoms with van der Waals surface area (Å²) in [6, 6.07) is 7.04. The maximum absolute atomic E-state index is 5.98. The molecule has 1 aliphatic rings. The average Bonchev–Trinajstić information content (AvgIpc) is 2.25. The van der Waals surface area contributed by atoms with Crippen LogP contribution in [0.4, 0.5) is 0 Å². The predicted molar refractivity (Wildman–Crippen MR) is 61.3 cm³/mol. The van der Waals surface area contributed by atoms with Gasteiger partial charge < -0.3 is 5.73 Å². The first-order valence-electron chi connectivity index (χ1n) is 5.65. The van der Waals surface area contributed by atoms with Crippen LogP contribution in [0.5, 0.6) is 0 Å². The van der Waals surface area contributed by atoms with Crippen molar-refractivity contribution in [1.29, 1.82) is 0 Å². The molecule has 2 heterocycles. The Morgan fingerprint density at radius 3 is 3.07 bits per heavy atom. The van der Waals surface area contributed by atoms with Crippen molar-refractivity contribution in [3.8, 4) is 0 Å². The lowest BCUT2D eigenvalue weighted by Gasteiger charge is -2.36. The Balaban J connectivity index is 1.98. The minimum atomic E-state index is 0.338. The van der Waals surface area contributed by atoms with Crippen molar-refractivity contribution in [3.05, 3.63) is 30.1 Å². The topological polar surface area (TPSA) is 42.1 Å². The first-order chi connectivity index (χ1) is 7.25. The van der Waals surface area contributed by atoms with Crippen molar-refractivity contribution in [1.82, 2.24) is 9.88 Å². The van der Waals surface area contributed by atoms with Gasteiger partial charge in [0, 0.05) is 31.4 Å². The van der Waals surface area contributed by atoms with E-state index in [-0.39, 0.29) is 0 Å². The van der Waals surface area contributed by atoms with Gasteiger partial charge in [0.05, 0.1) is 5.69 Å². The van der Waals surface area contributed by atoms with Gasteiger partial charge in [0.15, 0.2) is 0 Å². The van der Waals surface area contributed by atoms with E-state index >= 15 is 0 Å². The summed E-state index contributed by atoms with van der Waals surface area (Å²) < 4.78 is 0. The first kappa shape index (κ1) is 10.6. The molecule has 0 spiro atoms. The van der Waals surface area contributed by atoms with E-state index in [1.807, 2.05) is 18.3 Å². The third-order valence-electron chi connectivity index (χ3n) is 3.14. The molecule has 15 heavy (non-hydrogen) atoms. The van der Waals surface area contributed by atoms with Crippen LogP contribution in [0.1, 0.15) is 25.5 Å². The lowest BCUT2D eigenvalue weighted by molar-refractivity contribution is 0.136. The van der Waals surface area contributed by atoms with E-state index in [9.17, 15) is 0 Å². The number of nitrogens with zero attached hydrogens (tertiary/aromatic N) is 2. The Morgan fingerprint density at radius 2 is 2.33 bits per heavy atom. The van der Waals surface area contributed by atoms with E-state index in [2.05, 4.69) is 22.9 Å². The molecule has 0 aliphatic carbocycles. The van der Waals surface area contributed by atoms with E-state index in [0.717, 1.165) is 25.2 Å². The smallest absolute Gasteiger partial charge is 0.0544 e. The second kappa shape index (κ2) is 4.73. The van der Waals surface area contributed by atoms with Crippen LogP contribution < -0.4 is 5.73 Å². The molecule has 2 rings (SSSR count). The van der Waals surface area contributed by atoms with E-state index in [1.54, 1.807) is 0 Å². The summed E-state index contributed by atoms with van der Waals surface area (Å²) in [5, 5.41) is 0. The number of likely N-dealkylation sites (tertiary alicyclic amines) is 1. The van der Waals surface area contributed by atoms with Crippen molar-refractivity contribution >= 4 is 0 Å². The highest BCUT2D eigenvalue weighted by molar-refractivity contribution is 5.04. The molecule has 1 aromatic rings. The van der Waals surface area contributed by atoms with Crippen molar-refractivity contribution in [2.75, 3.05) is 6.54 Å². The largest absolute Gasteiger partial charge is 0.327 e. The van der Waals surface area contributed by atoms with Crippen molar-refractivity contribution in [2.45, 2.75) is 38.4 Å². The highest BCUT2D eigenvalue weighted by Gasteiger charge is 2.23. The maximum Gasteiger partial charge on any atom is 0.0544 e. The normalized spacial score (nSPS) is 27.9. The van der Waals surface area contributed by atoms with Gasteiger partial charge in [-0.3, -0.25) is 9.88 Å². The molecule has 0 saturated carbocycles. The molecule has 2 unspecified atom stereocenters. The second-order valence-electron chi connectivity index (χ2n) is 4.44. The molecule has 3 heteroatoms. The van der Waals surface area contributed by atoms with Crippen LogP contribution >= 0.6 is 0 Å². The van der Waals surface area contributed by atoms with Crippen molar-refractivity contribution in [3.63, 3.8) is 0 Å². The number of hydrogen-bond acceptors (Lipinski definition) is 3. The molecule has 1 saturated heterocycles. The summed E-state index contributed by atoms with van der Waals surface area (Å²) in [4.78, 5) is 6.78. The Bertz CT molecular complexity index is 299. The molecule has 1 fully saturated rings. The molecule has 2 atom stereocenters. The maximum atomic E-state index is 5.98. The molecule has 2 N–H and O–H groups in total. The zero-order valence-corrected chi connectivity index (χ0v) is 9.26. The molecule has 0 aromatic carbocycles. The van der Waals surface area contributed by atoms with E-state index in [4.69, 9.17) is 5.73 Å². The Kier molecular flexibility index (Phi) is 3.34. The standard InChI is InChI=1S/C12H19N3/c1-10-5-6-11(13)8-15(10)9-12-4-2-3-7-14-12/h2-4,7,10-11H,5-6,8-9,13H2,1H3. The SMILES string of the molecule is CC1CCC(N)CN1Cc1ccccn1. The fourth-order valence-corrected chi connectivity index (χ4v) is 2.13. The van der Waals surface area contributed by atoms with E-state index in [0.29, 0.717) is 12.1 Å². The fraction of sp³-hybridized carbons (Fsp3) is 0.583. The van der Waals surface area contributed by atoms with Crippen molar-refractivity contribution < 1.29 is 0 Å². The third-order valence-corrected chi connectivity index (χ3v) is 3.14. The van der Waals surface area contributed by atoms with Crippen molar-refractivity contribution in [2.24, 2.45) is 5.73 Å². The van der Waals surface area contributed by atoms with Gasteiger partial charge in [0.1, 0.15) is 0 Å². The van der Waals surface area contributed by atoms with Gasteiger partial charge in [0.25, 0.3) is 0 Å². The molecule has 3 nitrogen and oxygen atoms in total.